The average molecular weight is 267 g/mol. The van der Waals surface area contributed by atoms with Gasteiger partial charge in [-0.25, -0.2) is 0 Å². The van der Waals surface area contributed by atoms with Crippen LogP contribution in [0.1, 0.15) is 49.7 Å². The van der Waals surface area contributed by atoms with Crippen molar-refractivity contribution in [3.63, 3.8) is 0 Å². The smallest absolute Gasteiger partial charge is 0.0876 e. The highest BCUT2D eigenvalue weighted by Gasteiger charge is 2.23. The number of ether oxygens (including phenoxy) is 1. The van der Waals surface area contributed by atoms with Gasteiger partial charge < -0.3 is 10.1 Å². The van der Waals surface area contributed by atoms with E-state index in [0.29, 0.717) is 0 Å². The van der Waals surface area contributed by atoms with Gasteiger partial charge in [-0.05, 0) is 42.9 Å². The van der Waals surface area contributed by atoms with E-state index < -0.39 is 0 Å². The fraction of sp³-hybridized carbons (Fsp3) is 0.692. The molecule has 5 heteroatoms. The Balaban J connectivity index is 2.22. The van der Waals surface area contributed by atoms with Gasteiger partial charge in [-0.3, -0.25) is 0 Å². The molecule has 0 saturated carbocycles. The van der Waals surface area contributed by atoms with Crippen LogP contribution in [0.2, 0.25) is 0 Å². The molecule has 100 valence electrons. The quantitative estimate of drug-likeness (QED) is 0.861. The summed E-state index contributed by atoms with van der Waals surface area (Å²) < 4.78 is 9.59. The highest BCUT2D eigenvalue weighted by atomic mass is 32.1. The molecule has 0 fully saturated rings. The van der Waals surface area contributed by atoms with Gasteiger partial charge in [-0.1, -0.05) is 24.8 Å². The second-order valence-electron chi connectivity index (χ2n) is 4.49. The van der Waals surface area contributed by atoms with Crippen molar-refractivity contribution in [3.05, 3.63) is 22.4 Å². The molecule has 18 heavy (non-hydrogen) atoms. The third-order valence-corrected chi connectivity index (χ3v) is 3.91. The predicted molar refractivity (Wildman–Crippen MR) is 73.6 cm³/mol. The summed E-state index contributed by atoms with van der Waals surface area (Å²) in [5, 5.41) is 7.80. The Kier molecular flexibility index (Phi) is 5.13. The van der Waals surface area contributed by atoms with Crippen LogP contribution in [-0.2, 0) is 11.2 Å². The Labute approximate surface area is 113 Å². The molecule has 1 atom stereocenters. The first-order chi connectivity index (χ1) is 8.86. The lowest BCUT2D eigenvalue weighted by Gasteiger charge is -2.23. The van der Waals surface area contributed by atoms with Gasteiger partial charge in [0.1, 0.15) is 0 Å². The Morgan fingerprint density at radius 1 is 1.50 bits per heavy atom. The van der Waals surface area contributed by atoms with Crippen LogP contribution in [0.4, 0.5) is 0 Å². The fourth-order valence-electron chi connectivity index (χ4n) is 2.24. The van der Waals surface area contributed by atoms with Crippen LogP contribution in [0.25, 0.3) is 0 Å². The van der Waals surface area contributed by atoms with Gasteiger partial charge in [0.15, 0.2) is 0 Å². The monoisotopic (exact) mass is 267 g/mol. The lowest BCUT2D eigenvalue weighted by molar-refractivity contribution is 0.219. The van der Waals surface area contributed by atoms with Crippen LogP contribution in [-0.4, -0.2) is 22.7 Å². The fourth-order valence-corrected chi connectivity index (χ4v) is 3.05. The number of hydrogen-bond donors (Lipinski definition) is 1. The number of nitrogens with zero attached hydrogens (tertiary/aromatic N) is 2. The SMILES string of the molecule is CCCc1nnsc1C(NCC)C1=COCCC1. The molecule has 1 unspecified atom stereocenters. The lowest BCUT2D eigenvalue weighted by Crippen LogP contribution is -2.24. The summed E-state index contributed by atoms with van der Waals surface area (Å²) in [5.74, 6) is 0. The van der Waals surface area contributed by atoms with Crippen molar-refractivity contribution in [1.82, 2.24) is 14.9 Å². The molecule has 0 amide bonds. The molecule has 1 aliphatic rings. The van der Waals surface area contributed by atoms with E-state index in [4.69, 9.17) is 4.74 Å². The number of rotatable bonds is 6. The number of nitrogens with one attached hydrogen (secondary N) is 1. The van der Waals surface area contributed by atoms with Crippen LogP contribution >= 0.6 is 11.5 Å². The molecular formula is C13H21N3OS. The summed E-state index contributed by atoms with van der Waals surface area (Å²) in [5.41, 5.74) is 2.46. The molecule has 0 aromatic carbocycles. The van der Waals surface area contributed by atoms with Crippen molar-refractivity contribution in [3.8, 4) is 0 Å². The maximum Gasteiger partial charge on any atom is 0.0876 e. The highest BCUT2D eigenvalue weighted by molar-refractivity contribution is 7.05. The van der Waals surface area contributed by atoms with E-state index >= 15 is 0 Å². The van der Waals surface area contributed by atoms with E-state index in [0.717, 1.165) is 44.5 Å². The van der Waals surface area contributed by atoms with E-state index in [-0.39, 0.29) is 6.04 Å². The molecule has 0 aliphatic carbocycles. The van der Waals surface area contributed by atoms with Gasteiger partial charge >= 0.3 is 0 Å². The van der Waals surface area contributed by atoms with Crippen molar-refractivity contribution < 1.29 is 4.74 Å². The van der Waals surface area contributed by atoms with Crippen molar-refractivity contribution in [2.24, 2.45) is 0 Å². The number of aromatic nitrogens is 2. The van der Waals surface area contributed by atoms with Crippen LogP contribution in [0, 0.1) is 0 Å². The molecule has 1 aromatic heterocycles. The molecule has 2 heterocycles. The molecule has 1 aromatic rings. The van der Waals surface area contributed by atoms with Gasteiger partial charge in [0.25, 0.3) is 0 Å². The maximum absolute atomic E-state index is 5.47. The lowest BCUT2D eigenvalue weighted by atomic mass is 9.99. The average Bonchev–Trinajstić information content (AvgIpc) is 2.85. The zero-order chi connectivity index (χ0) is 12.8. The van der Waals surface area contributed by atoms with E-state index in [9.17, 15) is 0 Å². The normalized spacial score (nSPS) is 17.1. The minimum absolute atomic E-state index is 0.233. The number of hydrogen-bond acceptors (Lipinski definition) is 5. The molecule has 1 N–H and O–H groups in total. The minimum atomic E-state index is 0.233. The molecule has 0 saturated heterocycles. The molecule has 0 radical (unpaired) electrons. The first-order valence-electron chi connectivity index (χ1n) is 6.71. The molecule has 0 spiro atoms. The third-order valence-electron chi connectivity index (χ3n) is 3.08. The first kappa shape index (κ1) is 13.5. The topological polar surface area (TPSA) is 47.0 Å². The number of likely N-dealkylation sites (N-methyl/N-ethyl adjacent to an activating group) is 1. The van der Waals surface area contributed by atoms with Crippen molar-refractivity contribution >= 4 is 11.5 Å². The van der Waals surface area contributed by atoms with Crippen molar-refractivity contribution in [2.45, 2.75) is 45.6 Å². The zero-order valence-electron chi connectivity index (χ0n) is 11.1. The zero-order valence-corrected chi connectivity index (χ0v) is 11.9. The Hall–Kier alpha value is -0.940. The van der Waals surface area contributed by atoms with Crippen LogP contribution in [0.5, 0.6) is 0 Å². The summed E-state index contributed by atoms with van der Waals surface area (Å²) in [4.78, 5) is 1.26. The van der Waals surface area contributed by atoms with E-state index in [1.807, 2.05) is 6.26 Å². The summed E-state index contributed by atoms with van der Waals surface area (Å²) in [6.45, 7) is 6.08. The van der Waals surface area contributed by atoms with Gasteiger partial charge in [-0.15, -0.1) is 5.10 Å². The molecule has 4 nitrogen and oxygen atoms in total. The summed E-state index contributed by atoms with van der Waals surface area (Å²) in [6, 6.07) is 0.233. The molecule has 2 rings (SSSR count). The van der Waals surface area contributed by atoms with E-state index in [1.54, 1.807) is 0 Å². The van der Waals surface area contributed by atoms with Crippen LogP contribution in [0.15, 0.2) is 11.8 Å². The highest BCUT2D eigenvalue weighted by Crippen LogP contribution is 2.31. The maximum atomic E-state index is 5.47. The van der Waals surface area contributed by atoms with E-state index in [1.165, 1.54) is 22.0 Å². The summed E-state index contributed by atoms with van der Waals surface area (Å²) in [6.07, 6.45) is 6.23. The molecular weight excluding hydrogens is 246 g/mol. The standard InChI is InChI=1S/C13H21N3OS/c1-3-6-11-13(18-16-15-11)12(14-4-2)10-7-5-8-17-9-10/h9,12,14H,3-8H2,1-2H3. The van der Waals surface area contributed by atoms with Crippen LogP contribution < -0.4 is 5.32 Å². The first-order valence-corrected chi connectivity index (χ1v) is 7.49. The second-order valence-corrected chi connectivity index (χ2v) is 5.28. The largest absolute Gasteiger partial charge is 0.501 e. The van der Waals surface area contributed by atoms with E-state index in [2.05, 4.69) is 28.8 Å². The summed E-state index contributed by atoms with van der Waals surface area (Å²) in [7, 11) is 0. The van der Waals surface area contributed by atoms with Crippen molar-refractivity contribution in [1.29, 1.82) is 0 Å². The van der Waals surface area contributed by atoms with Gasteiger partial charge in [0.05, 0.1) is 29.5 Å². The van der Waals surface area contributed by atoms with Gasteiger partial charge in [0.2, 0.25) is 0 Å². The van der Waals surface area contributed by atoms with Crippen LogP contribution in [0.3, 0.4) is 0 Å². The molecule has 1 aliphatic heterocycles. The second kappa shape index (κ2) is 6.85. The predicted octanol–water partition coefficient (Wildman–Crippen LogP) is 2.84. The molecule has 0 bridgehead atoms. The summed E-state index contributed by atoms with van der Waals surface area (Å²) >= 11 is 1.51. The Bertz CT molecular complexity index is 403. The van der Waals surface area contributed by atoms with Crippen molar-refractivity contribution in [2.75, 3.05) is 13.2 Å². The van der Waals surface area contributed by atoms with Gasteiger partial charge in [0, 0.05) is 0 Å². The Morgan fingerprint density at radius 3 is 3.06 bits per heavy atom. The van der Waals surface area contributed by atoms with Gasteiger partial charge in [-0.2, -0.15) is 0 Å². The third kappa shape index (κ3) is 3.09. The number of aryl methyl sites for hydroxylation is 1. The minimum Gasteiger partial charge on any atom is -0.501 e. The Morgan fingerprint density at radius 2 is 2.39 bits per heavy atom.